The summed E-state index contributed by atoms with van der Waals surface area (Å²) in [4.78, 5) is 16.3. The molecule has 2 atom stereocenters. The lowest BCUT2D eigenvalue weighted by atomic mass is 9.99. The Morgan fingerprint density at radius 1 is 1.45 bits per heavy atom. The topological polar surface area (TPSA) is 81.2 Å². The van der Waals surface area contributed by atoms with Gasteiger partial charge in [0.15, 0.2) is 0 Å². The predicted molar refractivity (Wildman–Crippen MR) is 90.0 cm³/mol. The van der Waals surface area contributed by atoms with Crippen LogP contribution in [0.2, 0.25) is 0 Å². The monoisotopic (exact) mass is 323 g/mol. The molecule has 2 aromatic rings. The number of hydrogen-bond acceptors (Lipinski definition) is 4. The highest BCUT2D eigenvalue weighted by Gasteiger charge is 2.19. The molecule has 0 spiro atoms. The Hall–Kier alpha value is -1.85. The number of amides is 1. The van der Waals surface area contributed by atoms with Crippen LogP contribution in [0.4, 0.5) is 5.69 Å². The summed E-state index contributed by atoms with van der Waals surface area (Å²) in [5.41, 5.74) is 8.52. The molecule has 2 rings (SSSR count). The molecule has 2 unspecified atom stereocenters. The standard InChI is InChI=1S/C16H21N3O2.ClH/c1-4-10(2)14(17)15(20)19-12-6-5-11(3)13(9-12)16-18-7-8-21-16;/h5-10,14H,4,17H2,1-3H3,(H,19,20);1H. The second kappa shape index (κ2) is 7.96. The van der Waals surface area contributed by atoms with Gasteiger partial charge in [0.1, 0.15) is 6.26 Å². The van der Waals surface area contributed by atoms with Gasteiger partial charge in [-0.1, -0.05) is 26.3 Å². The van der Waals surface area contributed by atoms with Gasteiger partial charge >= 0.3 is 0 Å². The van der Waals surface area contributed by atoms with Crippen molar-refractivity contribution in [3.8, 4) is 11.5 Å². The molecule has 1 heterocycles. The van der Waals surface area contributed by atoms with Gasteiger partial charge in [-0.05, 0) is 30.5 Å². The number of aromatic nitrogens is 1. The van der Waals surface area contributed by atoms with E-state index in [0.29, 0.717) is 11.6 Å². The predicted octanol–water partition coefficient (Wildman–Crippen LogP) is 3.38. The number of carbonyl (C=O) groups excluding carboxylic acids is 1. The summed E-state index contributed by atoms with van der Waals surface area (Å²) in [6.07, 6.45) is 3.99. The molecule has 6 heteroatoms. The summed E-state index contributed by atoms with van der Waals surface area (Å²) in [7, 11) is 0. The quantitative estimate of drug-likeness (QED) is 0.883. The van der Waals surface area contributed by atoms with E-state index >= 15 is 0 Å². The van der Waals surface area contributed by atoms with Gasteiger partial charge in [0.25, 0.3) is 0 Å². The van der Waals surface area contributed by atoms with Crippen molar-refractivity contribution in [2.24, 2.45) is 11.7 Å². The van der Waals surface area contributed by atoms with Gasteiger partial charge < -0.3 is 15.5 Å². The summed E-state index contributed by atoms with van der Waals surface area (Å²) in [5.74, 6) is 0.503. The number of anilines is 1. The van der Waals surface area contributed by atoms with Gasteiger partial charge in [0.05, 0.1) is 12.2 Å². The van der Waals surface area contributed by atoms with E-state index in [-0.39, 0.29) is 24.2 Å². The summed E-state index contributed by atoms with van der Waals surface area (Å²) in [6.45, 7) is 5.96. The number of benzene rings is 1. The van der Waals surface area contributed by atoms with Crippen LogP contribution in [0, 0.1) is 12.8 Å². The molecule has 0 saturated heterocycles. The van der Waals surface area contributed by atoms with E-state index < -0.39 is 6.04 Å². The fourth-order valence-electron chi connectivity index (χ4n) is 2.02. The third-order valence-corrected chi connectivity index (χ3v) is 3.73. The lowest BCUT2D eigenvalue weighted by molar-refractivity contribution is -0.118. The van der Waals surface area contributed by atoms with Crippen LogP contribution in [-0.2, 0) is 4.79 Å². The molecule has 0 aliphatic heterocycles. The first-order chi connectivity index (χ1) is 10.0. The van der Waals surface area contributed by atoms with Crippen molar-refractivity contribution < 1.29 is 9.21 Å². The fourth-order valence-corrected chi connectivity index (χ4v) is 2.02. The number of halogens is 1. The van der Waals surface area contributed by atoms with E-state index in [9.17, 15) is 4.79 Å². The second-order valence-electron chi connectivity index (χ2n) is 5.27. The molecule has 0 saturated carbocycles. The molecule has 5 nitrogen and oxygen atoms in total. The summed E-state index contributed by atoms with van der Waals surface area (Å²) < 4.78 is 5.31. The van der Waals surface area contributed by atoms with Crippen molar-refractivity contribution in [1.82, 2.24) is 4.98 Å². The lowest BCUT2D eigenvalue weighted by Gasteiger charge is -2.18. The Labute approximate surface area is 136 Å². The Balaban J connectivity index is 0.00000242. The fraction of sp³-hybridized carbons (Fsp3) is 0.375. The Morgan fingerprint density at radius 2 is 2.18 bits per heavy atom. The van der Waals surface area contributed by atoms with Crippen LogP contribution in [0.25, 0.3) is 11.5 Å². The maximum absolute atomic E-state index is 12.1. The van der Waals surface area contributed by atoms with Crippen molar-refractivity contribution in [1.29, 1.82) is 0 Å². The molecule has 1 aromatic carbocycles. The third-order valence-electron chi connectivity index (χ3n) is 3.73. The van der Waals surface area contributed by atoms with Crippen molar-refractivity contribution in [2.75, 3.05) is 5.32 Å². The normalized spacial score (nSPS) is 13.1. The Bertz CT molecular complexity index is 614. The number of oxazole rings is 1. The number of nitrogens with two attached hydrogens (primary N) is 1. The number of nitrogens with zero attached hydrogens (tertiary/aromatic N) is 1. The average molecular weight is 324 g/mol. The van der Waals surface area contributed by atoms with E-state index in [1.54, 1.807) is 6.20 Å². The summed E-state index contributed by atoms with van der Waals surface area (Å²) in [6, 6.07) is 5.11. The number of nitrogens with one attached hydrogen (secondary N) is 1. The van der Waals surface area contributed by atoms with Crippen LogP contribution in [0.3, 0.4) is 0 Å². The number of carbonyl (C=O) groups is 1. The van der Waals surface area contributed by atoms with Gasteiger partial charge in [-0.3, -0.25) is 4.79 Å². The summed E-state index contributed by atoms with van der Waals surface area (Å²) >= 11 is 0. The van der Waals surface area contributed by atoms with E-state index in [0.717, 1.165) is 17.5 Å². The minimum absolute atomic E-state index is 0. The van der Waals surface area contributed by atoms with E-state index in [4.69, 9.17) is 10.2 Å². The first kappa shape index (κ1) is 18.2. The molecule has 1 aromatic heterocycles. The number of rotatable bonds is 5. The molecule has 1 amide bonds. The largest absolute Gasteiger partial charge is 0.445 e. The first-order valence-electron chi connectivity index (χ1n) is 7.10. The third kappa shape index (κ3) is 4.08. The smallest absolute Gasteiger partial charge is 0.241 e. The van der Waals surface area contributed by atoms with Crippen molar-refractivity contribution >= 4 is 24.0 Å². The minimum atomic E-state index is -0.513. The van der Waals surface area contributed by atoms with Gasteiger partial charge in [0, 0.05) is 11.3 Å². The van der Waals surface area contributed by atoms with Crippen molar-refractivity contribution in [2.45, 2.75) is 33.2 Å². The zero-order valence-corrected chi connectivity index (χ0v) is 13.8. The van der Waals surface area contributed by atoms with Crippen LogP contribution in [-0.4, -0.2) is 16.9 Å². The van der Waals surface area contributed by atoms with Crippen LogP contribution < -0.4 is 11.1 Å². The molecule has 0 aliphatic rings. The molecule has 22 heavy (non-hydrogen) atoms. The molecule has 0 fully saturated rings. The minimum Gasteiger partial charge on any atom is -0.445 e. The maximum Gasteiger partial charge on any atom is 0.241 e. The lowest BCUT2D eigenvalue weighted by Crippen LogP contribution is -2.40. The summed E-state index contributed by atoms with van der Waals surface area (Å²) in [5, 5.41) is 2.85. The highest BCUT2D eigenvalue weighted by molar-refractivity contribution is 5.95. The molecule has 120 valence electrons. The molecular weight excluding hydrogens is 302 g/mol. The van der Waals surface area contributed by atoms with Crippen LogP contribution in [0.1, 0.15) is 25.8 Å². The van der Waals surface area contributed by atoms with Gasteiger partial charge in [0.2, 0.25) is 11.8 Å². The number of hydrogen-bond donors (Lipinski definition) is 2. The molecule has 0 bridgehead atoms. The Morgan fingerprint density at radius 3 is 2.77 bits per heavy atom. The molecule has 3 N–H and O–H groups in total. The maximum atomic E-state index is 12.1. The molecular formula is C16H22ClN3O2. The van der Waals surface area contributed by atoms with E-state index in [2.05, 4.69) is 10.3 Å². The number of aryl methyl sites for hydroxylation is 1. The first-order valence-corrected chi connectivity index (χ1v) is 7.10. The SMILES string of the molecule is CCC(C)C(N)C(=O)Nc1ccc(C)c(-c2ncco2)c1.Cl. The zero-order chi connectivity index (χ0) is 15.4. The molecule has 0 radical (unpaired) electrons. The van der Waals surface area contributed by atoms with Gasteiger partial charge in [-0.25, -0.2) is 4.98 Å². The highest BCUT2D eigenvalue weighted by Crippen LogP contribution is 2.25. The molecule has 0 aliphatic carbocycles. The van der Waals surface area contributed by atoms with Gasteiger partial charge in [-0.2, -0.15) is 0 Å². The van der Waals surface area contributed by atoms with Crippen LogP contribution in [0.5, 0.6) is 0 Å². The average Bonchev–Trinajstić information content (AvgIpc) is 3.01. The zero-order valence-electron chi connectivity index (χ0n) is 13.0. The van der Waals surface area contributed by atoms with Crippen molar-refractivity contribution in [3.63, 3.8) is 0 Å². The van der Waals surface area contributed by atoms with Crippen LogP contribution in [0.15, 0.2) is 35.1 Å². The van der Waals surface area contributed by atoms with E-state index in [1.807, 2.05) is 39.0 Å². The van der Waals surface area contributed by atoms with E-state index in [1.165, 1.54) is 6.26 Å². The Kier molecular flexibility index (Phi) is 6.59. The highest BCUT2D eigenvalue weighted by atomic mass is 35.5. The van der Waals surface area contributed by atoms with Crippen LogP contribution >= 0.6 is 12.4 Å². The van der Waals surface area contributed by atoms with Gasteiger partial charge in [-0.15, -0.1) is 12.4 Å². The van der Waals surface area contributed by atoms with Crippen molar-refractivity contribution in [3.05, 3.63) is 36.2 Å². The second-order valence-corrected chi connectivity index (χ2v) is 5.27.